The Labute approximate surface area is 153 Å². The number of aromatic nitrogens is 2. The lowest BCUT2D eigenvalue weighted by molar-refractivity contribution is 0.102. The third-order valence-electron chi connectivity index (χ3n) is 2.48. The van der Waals surface area contributed by atoms with Gasteiger partial charge in [-0.25, -0.2) is 8.42 Å². The Bertz CT molecular complexity index is 852. The number of rotatable bonds is 6. The number of carbonyl (C=O) groups is 1. The first-order chi connectivity index (χ1) is 11.1. The fourth-order valence-corrected chi connectivity index (χ4v) is 4.44. The summed E-state index contributed by atoms with van der Waals surface area (Å²) >= 11 is 8.89. The van der Waals surface area contributed by atoms with Crippen LogP contribution >= 0.6 is 34.7 Å². The molecule has 24 heavy (non-hydrogen) atoms. The third-order valence-corrected chi connectivity index (χ3v) is 5.33. The molecule has 1 aromatic heterocycles. The molecule has 0 fully saturated rings. The van der Waals surface area contributed by atoms with Gasteiger partial charge in [-0.2, -0.15) is 0 Å². The lowest BCUT2D eigenvalue weighted by Gasteiger charge is -2.07. The molecular weight excluding hydrogens is 392 g/mol. The van der Waals surface area contributed by atoms with Gasteiger partial charge in [-0.3, -0.25) is 14.8 Å². The molecule has 0 saturated carbocycles. The van der Waals surface area contributed by atoms with Gasteiger partial charge in [0.2, 0.25) is 15.2 Å². The minimum Gasteiger partial charge on any atom is -0.296 e. The van der Waals surface area contributed by atoms with Crippen LogP contribution in [-0.4, -0.2) is 36.0 Å². The molecule has 0 bridgehead atoms. The second-order valence-electron chi connectivity index (χ2n) is 5.06. The number of hydrogen-bond acceptors (Lipinski definition) is 7. The molecule has 11 heteroatoms. The minimum atomic E-state index is -3.41. The van der Waals surface area contributed by atoms with Crippen LogP contribution in [0, 0.1) is 0 Å². The quantitative estimate of drug-likeness (QED) is 0.563. The van der Waals surface area contributed by atoms with E-state index < -0.39 is 15.9 Å². The Balaban J connectivity index is 2.11. The Morgan fingerprint density at radius 2 is 2.04 bits per heavy atom. The molecule has 1 amide bonds. The Morgan fingerprint density at radius 1 is 1.33 bits per heavy atom. The summed E-state index contributed by atoms with van der Waals surface area (Å²) in [5.74, 6) is -0.442. The number of anilines is 2. The van der Waals surface area contributed by atoms with Gasteiger partial charge < -0.3 is 0 Å². The number of sulfonamides is 1. The fraction of sp³-hybridized carbons (Fsp3) is 0.308. The molecular formula is C13H15ClN4O3S3. The Morgan fingerprint density at radius 3 is 2.62 bits per heavy atom. The highest BCUT2D eigenvalue weighted by Gasteiger charge is 2.15. The maximum absolute atomic E-state index is 12.3. The van der Waals surface area contributed by atoms with Gasteiger partial charge in [-0.05, 0) is 18.2 Å². The van der Waals surface area contributed by atoms with E-state index in [1.165, 1.54) is 29.5 Å². The summed E-state index contributed by atoms with van der Waals surface area (Å²) in [5.41, 5.74) is 0.495. The lowest BCUT2D eigenvalue weighted by Crippen LogP contribution is -2.13. The second-order valence-corrected chi connectivity index (χ2v) is 10.0. The largest absolute Gasteiger partial charge is 0.296 e. The predicted molar refractivity (Wildman–Crippen MR) is 98.8 cm³/mol. The first kappa shape index (κ1) is 19.0. The number of thioether (sulfide) groups is 1. The zero-order valence-corrected chi connectivity index (χ0v) is 16.2. The van der Waals surface area contributed by atoms with E-state index in [1.54, 1.807) is 11.8 Å². The van der Waals surface area contributed by atoms with E-state index in [9.17, 15) is 13.2 Å². The van der Waals surface area contributed by atoms with Gasteiger partial charge in [0.15, 0.2) is 4.34 Å². The zero-order valence-electron chi connectivity index (χ0n) is 13.0. The zero-order chi connectivity index (χ0) is 17.9. The smallest absolute Gasteiger partial charge is 0.259 e. The Hall–Kier alpha value is -1.36. The Kier molecular flexibility index (Phi) is 6.07. The number of benzene rings is 1. The van der Waals surface area contributed by atoms with Crippen molar-refractivity contribution in [2.75, 3.05) is 16.3 Å². The van der Waals surface area contributed by atoms with Gasteiger partial charge in [-0.1, -0.05) is 48.5 Å². The van der Waals surface area contributed by atoms with Crippen LogP contribution in [0.4, 0.5) is 10.8 Å². The van der Waals surface area contributed by atoms with Crippen molar-refractivity contribution in [1.82, 2.24) is 10.2 Å². The average Bonchev–Trinajstić information content (AvgIpc) is 2.82. The highest BCUT2D eigenvalue weighted by atomic mass is 35.5. The molecule has 130 valence electrons. The van der Waals surface area contributed by atoms with Crippen molar-refractivity contribution in [3.8, 4) is 0 Å². The lowest BCUT2D eigenvalue weighted by atomic mass is 10.2. The number of hydrogen-bond donors (Lipinski definition) is 2. The molecule has 0 spiro atoms. The van der Waals surface area contributed by atoms with Crippen molar-refractivity contribution in [1.29, 1.82) is 0 Å². The fourth-order valence-electron chi connectivity index (χ4n) is 1.65. The van der Waals surface area contributed by atoms with Crippen molar-refractivity contribution >= 4 is 61.4 Å². The van der Waals surface area contributed by atoms with Crippen molar-refractivity contribution in [3.05, 3.63) is 28.8 Å². The summed E-state index contributed by atoms with van der Waals surface area (Å²) < 4.78 is 25.5. The minimum absolute atomic E-state index is 0.127. The first-order valence-corrected chi connectivity index (χ1v) is 10.7. The summed E-state index contributed by atoms with van der Waals surface area (Å²) in [6, 6.07) is 4.27. The summed E-state index contributed by atoms with van der Waals surface area (Å²) in [6.45, 7) is 4.08. The van der Waals surface area contributed by atoms with Crippen LogP contribution in [0.3, 0.4) is 0 Å². The third kappa shape index (κ3) is 5.62. The SMILES string of the molecule is CC(C)Sc1nnc(NC(=O)c2ccc(NS(C)(=O)=O)cc2Cl)s1. The van der Waals surface area contributed by atoms with Gasteiger partial charge in [-0.15, -0.1) is 10.2 Å². The van der Waals surface area contributed by atoms with Crippen LogP contribution in [0.15, 0.2) is 22.5 Å². The maximum Gasteiger partial charge on any atom is 0.259 e. The molecule has 0 unspecified atom stereocenters. The van der Waals surface area contributed by atoms with Crippen LogP contribution in [0.5, 0.6) is 0 Å². The molecule has 2 N–H and O–H groups in total. The monoisotopic (exact) mass is 406 g/mol. The number of amides is 1. The van der Waals surface area contributed by atoms with Gasteiger partial charge in [0.05, 0.1) is 16.8 Å². The molecule has 0 atom stereocenters. The van der Waals surface area contributed by atoms with Gasteiger partial charge in [0, 0.05) is 10.9 Å². The number of halogens is 1. The van der Waals surface area contributed by atoms with E-state index in [1.807, 2.05) is 13.8 Å². The second kappa shape index (κ2) is 7.68. The van der Waals surface area contributed by atoms with E-state index in [0.717, 1.165) is 10.6 Å². The molecule has 0 radical (unpaired) electrons. The van der Waals surface area contributed by atoms with Crippen LogP contribution in [0.25, 0.3) is 0 Å². The van der Waals surface area contributed by atoms with Crippen LogP contribution in [0.2, 0.25) is 5.02 Å². The standard InChI is InChI=1S/C13H15ClN4O3S3/c1-7(2)22-13-17-16-12(23-13)15-11(19)9-5-4-8(6-10(9)14)18-24(3,20)21/h4-7,18H,1-3H3,(H,15,16,19). The van der Waals surface area contributed by atoms with Crippen molar-refractivity contribution in [2.24, 2.45) is 0 Å². The summed E-state index contributed by atoms with van der Waals surface area (Å²) in [4.78, 5) is 12.3. The van der Waals surface area contributed by atoms with Crippen molar-refractivity contribution in [3.63, 3.8) is 0 Å². The molecule has 1 heterocycles. The average molecular weight is 407 g/mol. The number of nitrogens with zero attached hydrogens (tertiary/aromatic N) is 2. The van der Waals surface area contributed by atoms with Crippen molar-refractivity contribution < 1.29 is 13.2 Å². The number of carbonyl (C=O) groups excluding carboxylic acids is 1. The van der Waals surface area contributed by atoms with Crippen LogP contribution < -0.4 is 10.0 Å². The summed E-state index contributed by atoms with van der Waals surface area (Å²) in [7, 11) is -3.41. The predicted octanol–water partition coefficient (Wildman–Crippen LogP) is 3.32. The molecule has 0 saturated heterocycles. The number of nitrogens with one attached hydrogen (secondary N) is 2. The van der Waals surface area contributed by atoms with Gasteiger partial charge in [0.25, 0.3) is 5.91 Å². The maximum atomic E-state index is 12.3. The topological polar surface area (TPSA) is 101 Å². The highest BCUT2D eigenvalue weighted by molar-refractivity contribution is 8.01. The van der Waals surface area contributed by atoms with Gasteiger partial charge >= 0.3 is 0 Å². The summed E-state index contributed by atoms with van der Waals surface area (Å²) in [5, 5.41) is 11.4. The van der Waals surface area contributed by atoms with Crippen LogP contribution in [-0.2, 0) is 10.0 Å². The normalized spacial score (nSPS) is 11.5. The van der Waals surface area contributed by atoms with Crippen LogP contribution in [0.1, 0.15) is 24.2 Å². The van der Waals surface area contributed by atoms with E-state index in [2.05, 4.69) is 20.2 Å². The van der Waals surface area contributed by atoms with Crippen molar-refractivity contribution in [2.45, 2.75) is 23.4 Å². The first-order valence-electron chi connectivity index (χ1n) is 6.73. The van der Waals surface area contributed by atoms with E-state index in [4.69, 9.17) is 11.6 Å². The molecule has 7 nitrogen and oxygen atoms in total. The highest BCUT2D eigenvalue weighted by Crippen LogP contribution is 2.29. The molecule has 0 aliphatic heterocycles. The van der Waals surface area contributed by atoms with Gasteiger partial charge in [0.1, 0.15) is 0 Å². The molecule has 0 aliphatic carbocycles. The van der Waals surface area contributed by atoms with E-state index in [-0.39, 0.29) is 16.3 Å². The molecule has 0 aliphatic rings. The summed E-state index contributed by atoms with van der Waals surface area (Å²) in [6.07, 6.45) is 1.03. The van der Waals surface area contributed by atoms with E-state index >= 15 is 0 Å². The molecule has 2 aromatic rings. The van der Waals surface area contributed by atoms with E-state index in [0.29, 0.717) is 10.4 Å². The molecule has 1 aromatic carbocycles. The molecule has 2 rings (SSSR count).